The van der Waals surface area contributed by atoms with Crippen molar-refractivity contribution in [1.82, 2.24) is 8.96 Å². The van der Waals surface area contributed by atoms with Gasteiger partial charge in [0.1, 0.15) is 5.78 Å². The summed E-state index contributed by atoms with van der Waals surface area (Å²) in [5, 5.41) is 4.55. The van der Waals surface area contributed by atoms with E-state index in [0.717, 1.165) is 19.6 Å². The van der Waals surface area contributed by atoms with Gasteiger partial charge in [0.2, 0.25) is 5.95 Å². The molecule has 0 bridgehead atoms. The molecule has 1 aromatic heterocycles. The monoisotopic (exact) mass is 1030 g/mol. The first-order chi connectivity index (χ1) is 27.9. The van der Waals surface area contributed by atoms with Crippen molar-refractivity contribution in [3.05, 3.63) is 173 Å². The Labute approximate surface area is 379 Å². The second kappa shape index (κ2) is 18.8. The first-order valence-corrected chi connectivity index (χ1v) is 23.5. The maximum absolute atomic E-state index is 13.5. The van der Waals surface area contributed by atoms with Gasteiger partial charge in [0.05, 0.1) is 42.2 Å². The molecule has 6 aromatic carbocycles. The van der Waals surface area contributed by atoms with Gasteiger partial charge in [-0.3, -0.25) is 9.52 Å². The molecule has 59 heavy (non-hydrogen) atoms. The van der Waals surface area contributed by atoms with Crippen LogP contribution in [-0.2, 0) is 37.7 Å². The average molecular weight is 1040 g/mol. The number of carbonyl (C=O) groups excluding carboxylic acids is 1. The van der Waals surface area contributed by atoms with Crippen LogP contribution in [0.2, 0.25) is 20.1 Å². The predicted octanol–water partition coefficient (Wildman–Crippen LogP) is 12.6. The molecule has 17 heteroatoms. The Bertz CT molecular complexity index is 2890. The van der Waals surface area contributed by atoms with Crippen molar-refractivity contribution in [2.75, 3.05) is 10.0 Å². The van der Waals surface area contributed by atoms with E-state index in [1.807, 2.05) is 13.8 Å². The summed E-state index contributed by atoms with van der Waals surface area (Å²) in [5.41, 5.74) is 4.69. The minimum absolute atomic E-state index is 0.0284. The molecule has 0 radical (unpaired) electrons. The first-order valence-electron chi connectivity index (χ1n) is 17.5. The van der Waals surface area contributed by atoms with Crippen LogP contribution < -0.4 is 10.0 Å². The van der Waals surface area contributed by atoms with E-state index in [-0.39, 0.29) is 34.4 Å². The number of halogens is 6. The summed E-state index contributed by atoms with van der Waals surface area (Å²) in [6, 6.07) is 33.6. The number of sulfonamides is 1. The summed E-state index contributed by atoms with van der Waals surface area (Å²) in [5.74, 6) is -0.0446. The molecule has 0 aliphatic heterocycles. The smallest absolute Gasteiger partial charge is 0.271 e. The number of aromatic nitrogens is 2. The van der Waals surface area contributed by atoms with Gasteiger partial charge in [-0.05, 0) is 104 Å². The van der Waals surface area contributed by atoms with Crippen LogP contribution in [0.4, 0.5) is 17.3 Å². The molecule has 0 amide bonds. The number of Topliss-reactive ketones (excluding diaryl/α,β-unsaturated/α-hetero) is 1. The number of imidazole rings is 1. The second-order valence-electron chi connectivity index (χ2n) is 13.2. The van der Waals surface area contributed by atoms with Crippen LogP contribution in [0.3, 0.4) is 0 Å². The normalized spacial score (nSPS) is 11.5. The Morgan fingerprint density at radius 1 is 0.661 bits per heavy atom. The number of carbonyl (C=O) groups is 1. The molecule has 1 heterocycles. The minimum atomic E-state index is -3.95. The number of benzene rings is 6. The Balaban J connectivity index is 0.000000198. The molecule has 0 aliphatic carbocycles. The number of hydrogen-bond acceptors (Lipinski definition) is 7. The summed E-state index contributed by atoms with van der Waals surface area (Å²) in [6.07, 6.45) is 0.0826. The quantitative estimate of drug-likeness (QED) is 0.132. The van der Waals surface area contributed by atoms with Gasteiger partial charge in [0.15, 0.2) is 0 Å². The number of nitrogens with one attached hydrogen (secondary N) is 2. The lowest BCUT2D eigenvalue weighted by molar-refractivity contribution is -0.117. The zero-order valence-corrected chi connectivity index (χ0v) is 38.8. The second-order valence-corrected chi connectivity index (χ2v) is 20.1. The fraction of sp³-hybridized carbons (Fsp3) is 0.0952. The Kier molecular flexibility index (Phi) is 14.2. The summed E-state index contributed by atoms with van der Waals surface area (Å²) >= 11 is 31.6. The topological polar surface area (TPSA) is 127 Å². The fourth-order valence-electron chi connectivity index (χ4n) is 5.79. The predicted molar refractivity (Wildman–Crippen MR) is 246 cm³/mol. The molecule has 2 N–H and O–H groups in total. The third-order valence-corrected chi connectivity index (χ3v) is 14.2. The number of ketones is 1. The lowest BCUT2D eigenvalue weighted by Gasteiger charge is -2.14. The van der Waals surface area contributed by atoms with Gasteiger partial charge in [-0.25, -0.2) is 25.8 Å². The van der Waals surface area contributed by atoms with Gasteiger partial charge in [-0.15, -0.1) is 0 Å². The van der Waals surface area contributed by atoms with Crippen LogP contribution in [0.25, 0.3) is 11.0 Å². The molecule has 0 fully saturated rings. The van der Waals surface area contributed by atoms with E-state index in [0.29, 0.717) is 58.1 Å². The Morgan fingerprint density at radius 3 is 1.78 bits per heavy atom. The highest BCUT2D eigenvalue weighted by Crippen LogP contribution is 2.36. The van der Waals surface area contributed by atoms with E-state index >= 15 is 0 Å². The molecule has 0 saturated heterocycles. The maximum atomic E-state index is 13.5. The lowest BCUT2D eigenvalue weighted by Crippen LogP contribution is -2.16. The molecular formula is C42H32Br2Cl4N4O5S2. The molecule has 9 nitrogen and oxygen atoms in total. The molecule has 0 unspecified atom stereocenters. The van der Waals surface area contributed by atoms with Gasteiger partial charge in [-0.2, -0.15) is 0 Å². The van der Waals surface area contributed by atoms with E-state index in [2.05, 4.69) is 46.9 Å². The van der Waals surface area contributed by atoms with Crippen molar-refractivity contribution in [3.63, 3.8) is 0 Å². The third-order valence-electron chi connectivity index (χ3n) is 8.80. The van der Waals surface area contributed by atoms with E-state index in [1.54, 1.807) is 121 Å². The fourth-order valence-corrected chi connectivity index (χ4v) is 10.0. The molecule has 0 aliphatic rings. The number of fused-ring (bicyclic) bond motifs is 1. The van der Waals surface area contributed by atoms with Gasteiger partial charge >= 0.3 is 0 Å². The highest BCUT2D eigenvalue weighted by molar-refractivity contribution is 9.10. The number of anilines is 3. The van der Waals surface area contributed by atoms with E-state index in [9.17, 15) is 21.6 Å². The third kappa shape index (κ3) is 10.7. The number of rotatable bonds is 11. The minimum Gasteiger partial charge on any atom is -0.322 e. The lowest BCUT2D eigenvalue weighted by atomic mass is 10.0. The summed E-state index contributed by atoms with van der Waals surface area (Å²) < 4.78 is 57.8. The van der Waals surface area contributed by atoms with Crippen LogP contribution in [-0.4, -0.2) is 31.6 Å². The van der Waals surface area contributed by atoms with Gasteiger partial charge < -0.3 is 5.32 Å². The van der Waals surface area contributed by atoms with Crippen molar-refractivity contribution in [1.29, 1.82) is 0 Å². The molecule has 0 atom stereocenters. The zero-order chi connectivity index (χ0) is 42.6. The molecular weight excluding hydrogens is 1010 g/mol. The highest BCUT2D eigenvalue weighted by Gasteiger charge is 2.26. The van der Waals surface area contributed by atoms with Crippen molar-refractivity contribution in [2.24, 2.45) is 0 Å². The molecule has 7 aromatic rings. The standard InChI is InChI=1S/C22H18BrCl2NO3S.C20H14BrCl2N3O2S/c1-14-5-9-18(10-6-14)30(28,29)26-22-12-16(23)8-7-15(22)11-17(27)13-19-20(24)3-2-4-21(19)25;1-12-5-8-14(9-6-12)29(27,28)26-18-11-13(21)7-10-17(18)24-20(26)25-19-15(22)3-2-4-16(19)23/h2-10,12,26H,11,13H2,1H3;2-11H,1H3,(H,24,25). The number of hydrogen-bond donors (Lipinski definition) is 2. The number of aryl methyl sites for hydroxylation is 2. The average Bonchev–Trinajstić information content (AvgIpc) is 3.54. The first kappa shape index (κ1) is 44.6. The van der Waals surface area contributed by atoms with Crippen LogP contribution in [0.1, 0.15) is 22.3 Å². The molecule has 0 spiro atoms. The van der Waals surface area contributed by atoms with Crippen LogP contribution in [0.5, 0.6) is 0 Å². The van der Waals surface area contributed by atoms with Crippen molar-refractivity contribution < 1.29 is 21.6 Å². The molecule has 304 valence electrons. The largest absolute Gasteiger partial charge is 0.322 e. The number of para-hydroxylation sites is 1. The Morgan fingerprint density at radius 2 is 1.19 bits per heavy atom. The van der Waals surface area contributed by atoms with E-state index < -0.39 is 20.0 Å². The van der Waals surface area contributed by atoms with Crippen LogP contribution in [0, 0.1) is 13.8 Å². The summed E-state index contributed by atoms with van der Waals surface area (Å²) in [4.78, 5) is 17.5. The van der Waals surface area contributed by atoms with Crippen molar-refractivity contribution >= 4 is 132 Å². The molecule has 0 saturated carbocycles. The van der Waals surface area contributed by atoms with E-state index in [4.69, 9.17) is 46.4 Å². The maximum Gasteiger partial charge on any atom is 0.271 e. The summed E-state index contributed by atoms with van der Waals surface area (Å²) in [7, 11) is -7.75. The summed E-state index contributed by atoms with van der Waals surface area (Å²) in [6.45, 7) is 3.78. The van der Waals surface area contributed by atoms with E-state index in [1.165, 1.54) is 0 Å². The van der Waals surface area contributed by atoms with Crippen LogP contribution >= 0.6 is 78.3 Å². The van der Waals surface area contributed by atoms with Gasteiger partial charge in [0.25, 0.3) is 20.0 Å². The highest BCUT2D eigenvalue weighted by atomic mass is 79.9. The SMILES string of the molecule is Cc1ccc(S(=O)(=O)Nc2cc(Br)ccc2CC(=O)Cc2c(Cl)cccc2Cl)cc1.Cc1ccc(S(=O)(=O)n2c(Nc3c(Cl)cccc3Cl)nc3ccc(Br)cc32)cc1. The molecule has 7 rings (SSSR count). The van der Waals surface area contributed by atoms with Crippen molar-refractivity contribution in [3.8, 4) is 0 Å². The Hall–Kier alpha value is -3.92. The number of nitrogens with zero attached hydrogens (tertiary/aromatic N) is 2. The van der Waals surface area contributed by atoms with Crippen LogP contribution in [0.15, 0.2) is 140 Å². The van der Waals surface area contributed by atoms with Crippen molar-refractivity contribution in [2.45, 2.75) is 36.5 Å². The van der Waals surface area contributed by atoms with Gasteiger partial charge in [0, 0.05) is 31.8 Å². The van der Waals surface area contributed by atoms with Gasteiger partial charge in [-0.1, -0.05) is 132 Å². The zero-order valence-electron chi connectivity index (χ0n) is 31.0.